The molecule has 17 heavy (non-hydrogen) atoms. The normalized spacial score (nSPS) is 10.9. The molecule has 0 aliphatic heterocycles. The Morgan fingerprint density at radius 2 is 2.12 bits per heavy atom. The number of hydrogen-bond donors (Lipinski definition) is 0. The Labute approximate surface area is 102 Å². The molecular weight excluding hydrogens is 216 g/mol. The molecule has 0 fully saturated rings. The number of nitrogens with zero attached hydrogens (tertiary/aromatic N) is 2. The van der Waals surface area contributed by atoms with Crippen molar-refractivity contribution < 1.29 is 4.79 Å². The smallest absolute Gasteiger partial charge is 0.277 e. The molecule has 0 amide bonds. The van der Waals surface area contributed by atoms with Gasteiger partial charge in [-0.2, -0.15) is 5.10 Å². The van der Waals surface area contributed by atoms with Crippen LogP contribution < -0.4 is 5.56 Å². The summed E-state index contributed by atoms with van der Waals surface area (Å²) in [5.41, 5.74) is 0.779. The van der Waals surface area contributed by atoms with Gasteiger partial charge < -0.3 is 0 Å². The number of Topliss-reactive ketones (excluding diaryl/α,β-unsaturated/α-hetero) is 1. The minimum Gasteiger partial charge on any atom is -0.294 e. The highest BCUT2D eigenvalue weighted by molar-refractivity contribution is 5.93. The van der Waals surface area contributed by atoms with E-state index in [-0.39, 0.29) is 22.8 Å². The predicted octanol–water partition coefficient (Wildman–Crippen LogP) is 2.37. The molecule has 0 aliphatic rings. The molecular formula is C13H20N2O2. The largest absolute Gasteiger partial charge is 0.294 e. The molecule has 0 atom stereocenters. The Bertz CT molecular complexity index is 461. The minimum atomic E-state index is -0.268. The quantitative estimate of drug-likeness (QED) is 0.737. The van der Waals surface area contributed by atoms with Gasteiger partial charge in [-0.05, 0) is 25.3 Å². The maximum atomic E-state index is 12.0. The number of ketones is 1. The molecule has 0 aliphatic carbocycles. The number of carbonyl (C=O) groups excluding carboxylic acids is 1. The summed E-state index contributed by atoms with van der Waals surface area (Å²) in [4.78, 5) is 23.4. The zero-order valence-electron chi connectivity index (χ0n) is 11.0. The fourth-order valence-electron chi connectivity index (χ4n) is 1.56. The van der Waals surface area contributed by atoms with Gasteiger partial charge in [0.2, 0.25) is 0 Å². The maximum Gasteiger partial charge on any atom is 0.277 e. The van der Waals surface area contributed by atoms with Gasteiger partial charge in [0.15, 0.2) is 5.78 Å². The zero-order valence-corrected chi connectivity index (χ0v) is 11.0. The highest BCUT2D eigenvalue weighted by Gasteiger charge is 2.13. The SMILES string of the molecule is CCCCn1nc(C(C)C)cc(C(C)=O)c1=O. The minimum absolute atomic E-state index is 0.190. The molecule has 1 heterocycles. The van der Waals surface area contributed by atoms with Crippen LogP contribution in [-0.2, 0) is 6.54 Å². The monoisotopic (exact) mass is 236 g/mol. The van der Waals surface area contributed by atoms with Crippen LogP contribution in [0.1, 0.15) is 62.5 Å². The molecule has 1 rings (SSSR count). The molecule has 94 valence electrons. The lowest BCUT2D eigenvalue weighted by molar-refractivity contribution is 0.101. The lowest BCUT2D eigenvalue weighted by Crippen LogP contribution is -2.29. The van der Waals surface area contributed by atoms with Crippen molar-refractivity contribution in [2.75, 3.05) is 0 Å². The average molecular weight is 236 g/mol. The summed E-state index contributed by atoms with van der Waals surface area (Å²) in [7, 11) is 0. The summed E-state index contributed by atoms with van der Waals surface area (Å²) >= 11 is 0. The second-order valence-electron chi connectivity index (χ2n) is 4.58. The number of carbonyl (C=O) groups is 1. The number of rotatable bonds is 5. The molecule has 0 saturated heterocycles. The fourth-order valence-corrected chi connectivity index (χ4v) is 1.56. The van der Waals surface area contributed by atoms with E-state index in [9.17, 15) is 9.59 Å². The van der Waals surface area contributed by atoms with Crippen LogP contribution in [0.25, 0.3) is 0 Å². The van der Waals surface area contributed by atoms with Gasteiger partial charge in [-0.15, -0.1) is 0 Å². The summed E-state index contributed by atoms with van der Waals surface area (Å²) in [6, 6.07) is 1.62. The Morgan fingerprint density at radius 3 is 2.59 bits per heavy atom. The van der Waals surface area contributed by atoms with E-state index in [0.29, 0.717) is 6.54 Å². The highest BCUT2D eigenvalue weighted by Crippen LogP contribution is 2.11. The molecule has 0 spiro atoms. The third kappa shape index (κ3) is 3.25. The van der Waals surface area contributed by atoms with E-state index >= 15 is 0 Å². The predicted molar refractivity (Wildman–Crippen MR) is 67.5 cm³/mol. The first-order valence-electron chi connectivity index (χ1n) is 6.10. The number of unbranched alkanes of at least 4 members (excludes halogenated alkanes) is 1. The molecule has 0 bridgehead atoms. The van der Waals surface area contributed by atoms with Gasteiger partial charge >= 0.3 is 0 Å². The van der Waals surface area contributed by atoms with Crippen LogP contribution in [0.3, 0.4) is 0 Å². The van der Waals surface area contributed by atoms with Crippen molar-refractivity contribution in [3.63, 3.8) is 0 Å². The van der Waals surface area contributed by atoms with Gasteiger partial charge in [-0.1, -0.05) is 27.2 Å². The molecule has 0 aromatic carbocycles. The Morgan fingerprint density at radius 1 is 1.47 bits per heavy atom. The van der Waals surface area contributed by atoms with Crippen molar-refractivity contribution >= 4 is 5.78 Å². The summed E-state index contributed by atoms with van der Waals surface area (Å²) in [5.74, 6) is 0.0196. The Kier molecular flexibility index (Phi) is 4.61. The summed E-state index contributed by atoms with van der Waals surface area (Å²) in [5, 5.41) is 4.30. The van der Waals surface area contributed by atoms with Crippen molar-refractivity contribution in [2.24, 2.45) is 0 Å². The molecule has 1 aromatic rings. The maximum absolute atomic E-state index is 12.0. The Hall–Kier alpha value is -1.45. The number of hydrogen-bond acceptors (Lipinski definition) is 3. The summed E-state index contributed by atoms with van der Waals surface area (Å²) < 4.78 is 1.43. The topological polar surface area (TPSA) is 52.0 Å². The lowest BCUT2D eigenvalue weighted by Gasteiger charge is -2.10. The van der Waals surface area contributed by atoms with Crippen molar-refractivity contribution in [3.05, 3.63) is 27.7 Å². The highest BCUT2D eigenvalue weighted by atomic mass is 16.1. The molecule has 0 unspecified atom stereocenters. The summed E-state index contributed by atoms with van der Waals surface area (Å²) in [6.07, 6.45) is 1.89. The van der Waals surface area contributed by atoms with Gasteiger partial charge in [0, 0.05) is 6.54 Å². The first kappa shape index (κ1) is 13.6. The van der Waals surface area contributed by atoms with Gasteiger partial charge in [0.25, 0.3) is 5.56 Å². The third-order valence-corrected chi connectivity index (χ3v) is 2.69. The lowest BCUT2D eigenvalue weighted by atomic mass is 10.1. The molecule has 4 heteroatoms. The number of aromatic nitrogens is 2. The van der Waals surface area contributed by atoms with E-state index in [2.05, 4.69) is 12.0 Å². The van der Waals surface area contributed by atoms with Crippen molar-refractivity contribution in [2.45, 2.75) is 53.0 Å². The van der Waals surface area contributed by atoms with Crippen LogP contribution in [0.5, 0.6) is 0 Å². The van der Waals surface area contributed by atoms with Crippen LogP contribution in [-0.4, -0.2) is 15.6 Å². The Balaban J connectivity index is 3.28. The second kappa shape index (κ2) is 5.75. The van der Waals surface area contributed by atoms with Crippen molar-refractivity contribution in [1.29, 1.82) is 0 Å². The first-order chi connectivity index (χ1) is 7.97. The van der Waals surface area contributed by atoms with Gasteiger partial charge in [-0.3, -0.25) is 9.59 Å². The second-order valence-corrected chi connectivity index (χ2v) is 4.58. The molecule has 0 saturated carbocycles. The van der Waals surface area contributed by atoms with E-state index in [1.54, 1.807) is 6.07 Å². The van der Waals surface area contributed by atoms with Gasteiger partial charge in [0.1, 0.15) is 0 Å². The zero-order chi connectivity index (χ0) is 13.0. The van der Waals surface area contributed by atoms with Crippen LogP contribution >= 0.6 is 0 Å². The first-order valence-corrected chi connectivity index (χ1v) is 6.10. The van der Waals surface area contributed by atoms with Crippen LogP contribution in [0, 0.1) is 0 Å². The number of aryl methyl sites for hydroxylation is 1. The standard InChI is InChI=1S/C13H20N2O2/c1-5-6-7-15-13(17)11(10(4)16)8-12(14-15)9(2)3/h8-9H,5-7H2,1-4H3. The molecule has 1 aromatic heterocycles. The van der Waals surface area contributed by atoms with Crippen molar-refractivity contribution in [1.82, 2.24) is 9.78 Å². The van der Waals surface area contributed by atoms with Crippen LogP contribution in [0.2, 0.25) is 0 Å². The molecule has 0 radical (unpaired) electrons. The van der Waals surface area contributed by atoms with Crippen LogP contribution in [0.15, 0.2) is 10.9 Å². The fraction of sp³-hybridized carbons (Fsp3) is 0.615. The molecule has 4 nitrogen and oxygen atoms in total. The summed E-state index contributed by atoms with van der Waals surface area (Å²) in [6.45, 7) is 8.06. The van der Waals surface area contributed by atoms with Gasteiger partial charge in [0.05, 0.1) is 11.3 Å². The van der Waals surface area contributed by atoms with E-state index in [1.807, 2.05) is 13.8 Å². The molecule has 0 N–H and O–H groups in total. The van der Waals surface area contributed by atoms with Crippen molar-refractivity contribution in [3.8, 4) is 0 Å². The average Bonchev–Trinajstić information content (AvgIpc) is 2.26. The van der Waals surface area contributed by atoms with Gasteiger partial charge in [-0.25, -0.2) is 4.68 Å². The van der Waals surface area contributed by atoms with E-state index in [4.69, 9.17) is 0 Å². The van der Waals surface area contributed by atoms with E-state index in [0.717, 1.165) is 18.5 Å². The van der Waals surface area contributed by atoms with E-state index < -0.39 is 0 Å². The third-order valence-electron chi connectivity index (χ3n) is 2.69. The van der Waals surface area contributed by atoms with Crippen LogP contribution in [0.4, 0.5) is 0 Å². The van der Waals surface area contributed by atoms with E-state index in [1.165, 1.54) is 11.6 Å².